The lowest BCUT2D eigenvalue weighted by atomic mass is 10.1. The Labute approximate surface area is 207 Å². The number of rotatable bonds is 6. The van der Waals surface area contributed by atoms with Crippen LogP contribution in [-0.4, -0.2) is 54.0 Å². The molecule has 1 aliphatic heterocycles. The van der Waals surface area contributed by atoms with Gasteiger partial charge >= 0.3 is 0 Å². The Hall–Kier alpha value is -3.59. The lowest BCUT2D eigenvalue weighted by Gasteiger charge is -2.42. The highest BCUT2D eigenvalue weighted by molar-refractivity contribution is 6.31. The average molecular weight is 501 g/mol. The number of hydrogen-bond acceptors (Lipinski definition) is 6. The van der Waals surface area contributed by atoms with Gasteiger partial charge in [0.2, 0.25) is 11.8 Å². The molecule has 1 N–H and O–H groups in total. The van der Waals surface area contributed by atoms with Gasteiger partial charge in [-0.3, -0.25) is 9.59 Å². The number of carbonyl (C=O) groups excluding carboxylic acids is 2. The largest absolute Gasteiger partial charge is 0.496 e. The number of aromatic nitrogens is 1. The monoisotopic (exact) mass is 500 g/mol. The average Bonchev–Trinajstić information content (AvgIpc) is 3.28. The number of carbonyl (C=O) groups is 2. The van der Waals surface area contributed by atoms with Gasteiger partial charge in [0.05, 0.1) is 23.9 Å². The highest BCUT2D eigenvalue weighted by atomic mass is 35.5. The van der Waals surface area contributed by atoms with Crippen molar-refractivity contribution in [3.05, 3.63) is 59.3 Å². The SMILES string of the molecule is COc1cc(N2CCN(C(C)C(=O)Nc3ccc(F)c(Cl)c3)C(=O)C2C)ccc1-c1cnc(C)o1. The van der Waals surface area contributed by atoms with Crippen molar-refractivity contribution in [2.75, 3.05) is 30.4 Å². The molecule has 0 bridgehead atoms. The van der Waals surface area contributed by atoms with E-state index in [-0.39, 0.29) is 16.8 Å². The maximum atomic E-state index is 13.4. The first-order valence-electron chi connectivity index (χ1n) is 11.1. The fourth-order valence-electron chi connectivity index (χ4n) is 4.14. The molecule has 0 aliphatic carbocycles. The molecule has 2 aromatic carbocycles. The molecule has 35 heavy (non-hydrogen) atoms. The van der Waals surface area contributed by atoms with Crippen molar-refractivity contribution in [2.24, 2.45) is 0 Å². The van der Waals surface area contributed by atoms with Crippen LogP contribution in [0.25, 0.3) is 11.3 Å². The van der Waals surface area contributed by atoms with Crippen molar-refractivity contribution < 1.29 is 23.1 Å². The number of benzene rings is 2. The third-order valence-electron chi connectivity index (χ3n) is 6.13. The summed E-state index contributed by atoms with van der Waals surface area (Å²) in [6, 6.07) is 8.36. The Morgan fingerprint density at radius 1 is 1.29 bits per heavy atom. The lowest BCUT2D eigenvalue weighted by molar-refractivity contribution is -0.140. The third-order valence-corrected chi connectivity index (χ3v) is 6.42. The molecule has 4 rings (SSSR count). The first-order valence-corrected chi connectivity index (χ1v) is 11.5. The molecule has 8 nitrogen and oxygen atoms in total. The van der Waals surface area contributed by atoms with Crippen molar-refractivity contribution in [3.8, 4) is 17.1 Å². The van der Waals surface area contributed by atoms with E-state index in [1.165, 1.54) is 18.2 Å². The van der Waals surface area contributed by atoms with Gasteiger partial charge in [0.1, 0.15) is 23.7 Å². The summed E-state index contributed by atoms with van der Waals surface area (Å²) in [5.74, 6) is 0.633. The minimum Gasteiger partial charge on any atom is -0.496 e. The highest BCUT2D eigenvalue weighted by Crippen LogP contribution is 2.35. The summed E-state index contributed by atoms with van der Waals surface area (Å²) in [4.78, 5) is 33.7. The molecule has 1 fully saturated rings. The molecule has 3 aromatic rings. The van der Waals surface area contributed by atoms with E-state index in [9.17, 15) is 14.0 Å². The summed E-state index contributed by atoms with van der Waals surface area (Å²) in [6.07, 6.45) is 1.64. The second-order valence-corrected chi connectivity index (χ2v) is 8.73. The van der Waals surface area contributed by atoms with E-state index in [0.29, 0.717) is 36.2 Å². The van der Waals surface area contributed by atoms with Crippen LogP contribution >= 0.6 is 11.6 Å². The Morgan fingerprint density at radius 2 is 2.06 bits per heavy atom. The van der Waals surface area contributed by atoms with E-state index < -0.39 is 17.9 Å². The van der Waals surface area contributed by atoms with Crippen LogP contribution in [0.4, 0.5) is 15.8 Å². The summed E-state index contributed by atoms with van der Waals surface area (Å²) >= 11 is 5.80. The molecule has 2 heterocycles. The number of amides is 2. The van der Waals surface area contributed by atoms with Crippen LogP contribution in [0.15, 0.2) is 47.0 Å². The van der Waals surface area contributed by atoms with Crippen LogP contribution in [0.3, 0.4) is 0 Å². The van der Waals surface area contributed by atoms with Gasteiger partial charge in [-0.15, -0.1) is 0 Å². The minimum absolute atomic E-state index is 0.0892. The number of piperazine rings is 1. The zero-order valence-corrected chi connectivity index (χ0v) is 20.6. The fraction of sp³-hybridized carbons (Fsp3) is 0.320. The van der Waals surface area contributed by atoms with Gasteiger partial charge < -0.3 is 24.3 Å². The van der Waals surface area contributed by atoms with Crippen molar-refractivity contribution in [2.45, 2.75) is 32.9 Å². The molecule has 0 spiro atoms. The third kappa shape index (κ3) is 4.95. The second kappa shape index (κ2) is 9.95. The van der Waals surface area contributed by atoms with Gasteiger partial charge in [0.15, 0.2) is 11.7 Å². The van der Waals surface area contributed by atoms with Crippen LogP contribution in [0.1, 0.15) is 19.7 Å². The van der Waals surface area contributed by atoms with Crippen LogP contribution in [0.5, 0.6) is 5.75 Å². The van der Waals surface area contributed by atoms with E-state index in [4.69, 9.17) is 20.8 Å². The summed E-state index contributed by atoms with van der Waals surface area (Å²) in [7, 11) is 1.58. The smallest absolute Gasteiger partial charge is 0.246 e. The first kappa shape index (κ1) is 24.5. The van der Waals surface area contributed by atoms with Crippen LogP contribution in [-0.2, 0) is 9.59 Å². The number of methoxy groups -OCH3 is 1. The molecule has 2 atom stereocenters. The number of anilines is 2. The zero-order chi connectivity index (χ0) is 25.3. The van der Waals surface area contributed by atoms with Gasteiger partial charge in [-0.2, -0.15) is 0 Å². The Balaban J connectivity index is 1.47. The molecular weight excluding hydrogens is 475 g/mol. The van der Waals surface area contributed by atoms with E-state index in [0.717, 1.165) is 11.3 Å². The second-order valence-electron chi connectivity index (χ2n) is 8.32. The molecule has 1 aromatic heterocycles. The molecule has 0 radical (unpaired) electrons. The van der Waals surface area contributed by atoms with Crippen molar-refractivity contribution in [3.63, 3.8) is 0 Å². The standard InChI is InChI=1S/C25H26ClFN4O4/c1-14(24(32)29-17-5-8-21(27)20(26)11-17)31-10-9-30(15(2)25(31)33)18-6-7-19(22(12-18)34-4)23-13-28-16(3)35-23/h5-8,11-15H,9-10H2,1-4H3,(H,29,32). The number of halogens is 2. The van der Waals surface area contributed by atoms with Gasteiger partial charge in [-0.1, -0.05) is 11.6 Å². The number of nitrogens with zero attached hydrogens (tertiary/aromatic N) is 3. The van der Waals surface area contributed by atoms with E-state index in [1.54, 1.807) is 39.0 Å². The summed E-state index contributed by atoms with van der Waals surface area (Å²) in [5, 5.41) is 2.61. The first-order chi connectivity index (χ1) is 16.7. The maximum Gasteiger partial charge on any atom is 0.246 e. The normalized spacial score (nSPS) is 16.9. The topological polar surface area (TPSA) is 87.9 Å². The highest BCUT2D eigenvalue weighted by Gasteiger charge is 2.36. The molecule has 184 valence electrons. The van der Waals surface area contributed by atoms with Crippen molar-refractivity contribution in [1.82, 2.24) is 9.88 Å². The van der Waals surface area contributed by atoms with E-state index in [1.807, 2.05) is 23.1 Å². The number of oxazole rings is 1. The van der Waals surface area contributed by atoms with Gasteiger partial charge in [0.25, 0.3) is 0 Å². The van der Waals surface area contributed by atoms with E-state index >= 15 is 0 Å². The maximum absolute atomic E-state index is 13.4. The molecule has 10 heteroatoms. The van der Waals surface area contributed by atoms with Gasteiger partial charge in [0, 0.05) is 37.5 Å². The molecule has 0 saturated carbocycles. The van der Waals surface area contributed by atoms with Crippen LogP contribution in [0.2, 0.25) is 5.02 Å². The zero-order valence-electron chi connectivity index (χ0n) is 19.8. The van der Waals surface area contributed by atoms with Crippen molar-refractivity contribution in [1.29, 1.82) is 0 Å². The molecule has 1 aliphatic rings. The predicted molar refractivity (Wildman–Crippen MR) is 131 cm³/mol. The van der Waals surface area contributed by atoms with Gasteiger partial charge in [-0.25, -0.2) is 9.37 Å². The Bertz CT molecular complexity index is 1260. The number of hydrogen-bond donors (Lipinski definition) is 1. The van der Waals surface area contributed by atoms with Crippen LogP contribution in [0, 0.1) is 12.7 Å². The quantitative estimate of drug-likeness (QED) is 0.535. The number of nitrogens with one attached hydrogen (secondary N) is 1. The predicted octanol–water partition coefficient (Wildman–Crippen LogP) is 4.52. The Morgan fingerprint density at radius 3 is 2.71 bits per heavy atom. The summed E-state index contributed by atoms with van der Waals surface area (Å²) < 4.78 is 24.6. The number of aryl methyl sites for hydroxylation is 1. The van der Waals surface area contributed by atoms with Crippen LogP contribution < -0.4 is 15.0 Å². The van der Waals surface area contributed by atoms with Crippen molar-refractivity contribution >= 4 is 34.8 Å². The molecular formula is C25H26ClFN4O4. The molecule has 2 unspecified atom stereocenters. The summed E-state index contributed by atoms with van der Waals surface area (Å²) in [6.45, 7) is 6.12. The van der Waals surface area contributed by atoms with E-state index in [2.05, 4.69) is 10.3 Å². The molecule has 1 saturated heterocycles. The molecule has 2 amide bonds. The van der Waals surface area contributed by atoms with Gasteiger partial charge in [-0.05, 0) is 44.2 Å². The summed E-state index contributed by atoms with van der Waals surface area (Å²) in [5.41, 5.74) is 1.95. The lowest BCUT2D eigenvalue weighted by Crippen LogP contribution is -2.60. The number of ether oxygens (including phenoxy) is 1. The fourth-order valence-corrected chi connectivity index (χ4v) is 4.32. The minimum atomic E-state index is -0.720. The Kier molecular flexibility index (Phi) is 6.98.